The number of rotatable bonds is 9. The van der Waals surface area contributed by atoms with Crippen molar-refractivity contribution in [1.29, 1.82) is 0 Å². The van der Waals surface area contributed by atoms with E-state index in [1.165, 1.54) is 4.31 Å². The molecule has 1 heterocycles. The minimum absolute atomic E-state index is 0.00195. The first-order chi connectivity index (χ1) is 19.0. The van der Waals surface area contributed by atoms with Crippen LogP contribution in [0.5, 0.6) is 0 Å². The van der Waals surface area contributed by atoms with Gasteiger partial charge in [0.2, 0.25) is 15.9 Å². The summed E-state index contributed by atoms with van der Waals surface area (Å²) in [7, 11) is -3.99. The van der Waals surface area contributed by atoms with E-state index in [0.717, 1.165) is 30.8 Å². The molecule has 0 atom stereocenters. The van der Waals surface area contributed by atoms with Crippen LogP contribution in [0.4, 0.5) is 0 Å². The zero-order chi connectivity index (χ0) is 28.9. The molecule has 0 spiro atoms. The lowest BCUT2D eigenvalue weighted by Crippen LogP contribution is -2.51. The second-order valence-corrected chi connectivity index (χ2v) is 12.9. The van der Waals surface area contributed by atoms with Crippen molar-refractivity contribution in [3.05, 3.63) is 105 Å². The molecule has 0 unspecified atom stereocenters. The standard InChI is InChI=1S/C31H35Cl2N3O3S/c1-23-18-24(2)31(25(3)19-23)40(38,39)36(21-27-11-12-28(32)29(33)20-27)22-30(37)35-16-14-34(15-17-35)13-7-10-26-8-5-4-6-9-26/h4-12,18-20H,13-17,21-22H2,1-3H3/b10-7+. The molecular weight excluding hydrogens is 565 g/mol. The Hall–Kier alpha value is -2.68. The first kappa shape index (κ1) is 30.3. The Labute approximate surface area is 247 Å². The number of hydrogen-bond acceptors (Lipinski definition) is 4. The number of nitrogens with zero attached hydrogens (tertiary/aromatic N) is 3. The summed E-state index contributed by atoms with van der Waals surface area (Å²) in [6.07, 6.45) is 4.23. The van der Waals surface area contributed by atoms with Crippen LogP contribution < -0.4 is 0 Å². The Balaban J connectivity index is 1.48. The predicted octanol–water partition coefficient (Wildman–Crippen LogP) is 5.97. The van der Waals surface area contributed by atoms with Crippen molar-refractivity contribution in [2.75, 3.05) is 39.3 Å². The van der Waals surface area contributed by atoms with Crippen molar-refractivity contribution < 1.29 is 13.2 Å². The van der Waals surface area contributed by atoms with Gasteiger partial charge in [-0.1, -0.05) is 89.4 Å². The van der Waals surface area contributed by atoms with E-state index in [4.69, 9.17) is 23.2 Å². The van der Waals surface area contributed by atoms with Crippen molar-refractivity contribution in [1.82, 2.24) is 14.1 Å². The molecule has 9 heteroatoms. The van der Waals surface area contributed by atoms with Crippen LogP contribution in [0, 0.1) is 20.8 Å². The van der Waals surface area contributed by atoms with Gasteiger partial charge in [-0.25, -0.2) is 8.42 Å². The minimum atomic E-state index is -3.99. The second-order valence-electron chi connectivity index (χ2n) is 10.2. The number of piperazine rings is 1. The predicted molar refractivity (Wildman–Crippen MR) is 163 cm³/mol. The Morgan fingerprint density at radius 1 is 0.900 bits per heavy atom. The Kier molecular flexibility index (Phi) is 10.1. The molecule has 0 aromatic heterocycles. The number of halogens is 2. The molecule has 1 fully saturated rings. The van der Waals surface area contributed by atoms with Crippen molar-refractivity contribution in [2.45, 2.75) is 32.2 Å². The first-order valence-electron chi connectivity index (χ1n) is 13.3. The average molecular weight is 601 g/mol. The van der Waals surface area contributed by atoms with Gasteiger partial charge in [0.25, 0.3) is 0 Å². The van der Waals surface area contributed by atoms with Crippen molar-refractivity contribution in [3.8, 4) is 0 Å². The van der Waals surface area contributed by atoms with Crippen LogP contribution in [0.3, 0.4) is 0 Å². The molecule has 0 saturated carbocycles. The lowest BCUT2D eigenvalue weighted by molar-refractivity contribution is -0.133. The SMILES string of the molecule is Cc1cc(C)c(S(=O)(=O)N(CC(=O)N2CCN(C/C=C/c3ccccc3)CC2)Cc2ccc(Cl)c(Cl)c2)c(C)c1. The summed E-state index contributed by atoms with van der Waals surface area (Å²) in [6.45, 7) is 8.58. The molecule has 1 saturated heterocycles. The number of benzene rings is 3. The molecule has 1 amide bonds. The average Bonchev–Trinajstić information content (AvgIpc) is 2.90. The summed E-state index contributed by atoms with van der Waals surface area (Å²) < 4.78 is 29.3. The third-order valence-corrected chi connectivity index (χ3v) is 9.89. The molecule has 1 aliphatic heterocycles. The Bertz CT molecular complexity index is 1460. The summed E-state index contributed by atoms with van der Waals surface area (Å²) >= 11 is 12.3. The van der Waals surface area contributed by atoms with Gasteiger partial charge >= 0.3 is 0 Å². The summed E-state index contributed by atoms with van der Waals surface area (Å²) in [5, 5.41) is 0.723. The summed E-state index contributed by atoms with van der Waals surface area (Å²) in [4.78, 5) is 17.7. The van der Waals surface area contributed by atoms with Gasteiger partial charge in [-0.3, -0.25) is 9.69 Å². The lowest BCUT2D eigenvalue weighted by atomic mass is 10.1. The van der Waals surface area contributed by atoms with E-state index in [-0.39, 0.29) is 23.9 Å². The van der Waals surface area contributed by atoms with Crippen molar-refractivity contribution in [3.63, 3.8) is 0 Å². The highest BCUT2D eigenvalue weighted by molar-refractivity contribution is 7.89. The van der Waals surface area contributed by atoms with E-state index < -0.39 is 10.0 Å². The number of amides is 1. The Morgan fingerprint density at radius 3 is 2.17 bits per heavy atom. The van der Waals surface area contributed by atoms with E-state index in [9.17, 15) is 13.2 Å². The van der Waals surface area contributed by atoms with Crippen LogP contribution in [-0.2, 0) is 21.4 Å². The smallest absolute Gasteiger partial charge is 0.244 e. The van der Waals surface area contributed by atoms with Crippen LogP contribution in [0.25, 0.3) is 6.08 Å². The van der Waals surface area contributed by atoms with Gasteiger partial charge < -0.3 is 4.90 Å². The van der Waals surface area contributed by atoms with E-state index in [1.54, 1.807) is 36.9 Å². The normalized spacial score (nSPS) is 14.8. The van der Waals surface area contributed by atoms with Gasteiger partial charge in [-0.2, -0.15) is 4.31 Å². The Morgan fingerprint density at radius 2 is 1.55 bits per heavy atom. The number of aryl methyl sites for hydroxylation is 3. The molecule has 212 valence electrons. The molecule has 0 radical (unpaired) electrons. The van der Waals surface area contributed by atoms with Gasteiger partial charge in [-0.15, -0.1) is 0 Å². The van der Waals surface area contributed by atoms with Crippen LogP contribution >= 0.6 is 23.2 Å². The van der Waals surface area contributed by atoms with Gasteiger partial charge in [0.15, 0.2) is 0 Å². The second kappa shape index (κ2) is 13.3. The maximum absolute atomic E-state index is 14.0. The van der Waals surface area contributed by atoms with E-state index in [1.807, 2.05) is 37.3 Å². The molecular formula is C31H35Cl2N3O3S. The largest absolute Gasteiger partial charge is 0.339 e. The van der Waals surface area contributed by atoms with Gasteiger partial charge in [-0.05, 0) is 55.2 Å². The summed E-state index contributed by atoms with van der Waals surface area (Å²) in [6, 6.07) is 18.9. The first-order valence-corrected chi connectivity index (χ1v) is 15.5. The zero-order valence-electron chi connectivity index (χ0n) is 23.1. The monoisotopic (exact) mass is 599 g/mol. The maximum Gasteiger partial charge on any atom is 0.244 e. The van der Waals surface area contributed by atoms with E-state index in [0.29, 0.717) is 39.8 Å². The molecule has 0 bridgehead atoms. The maximum atomic E-state index is 14.0. The molecule has 0 N–H and O–H groups in total. The molecule has 6 nitrogen and oxygen atoms in total. The highest BCUT2D eigenvalue weighted by Crippen LogP contribution is 2.28. The highest BCUT2D eigenvalue weighted by Gasteiger charge is 2.32. The fourth-order valence-corrected chi connectivity index (χ4v) is 7.21. The van der Waals surface area contributed by atoms with Gasteiger partial charge in [0, 0.05) is 39.3 Å². The fourth-order valence-electron chi connectivity index (χ4n) is 5.10. The molecule has 3 aromatic rings. The third kappa shape index (κ3) is 7.53. The van der Waals surface area contributed by atoms with Crippen LogP contribution in [0.15, 0.2) is 71.6 Å². The molecule has 4 rings (SSSR count). The third-order valence-electron chi connectivity index (χ3n) is 7.06. The highest BCUT2D eigenvalue weighted by atomic mass is 35.5. The lowest BCUT2D eigenvalue weighted by Gasteiger charge is -2.35. The number of hydrogen-bond donors (Lipinski definition) is 0. The van der Waals surface area contributed by atoms with Crippen LogP contribution in [-0.4, -0.2) is 67.7 Å². The molecule has 0 aliphatic carbocycles. The molecule has 1 aliphatic rings. The number of carbonyl (C=O) groups excluding carboxylic acids is 1. The van der Waals surface area contributed by atoms with Gasteiger partial charge in [0.1, 0.15) is 0 Å². The molecule has 40 heavy (non-hydrogen) atoms. The summed E-state index contributed by atoms with van der Waals surface area (Å²) in [5.74, 6) is -0.217. The van der Waals surface area contributed by atoms with Crippen molar-refractivity contribution in [2.24, 2.45) is 0 Å². The quantitative estimate of drug-likeness (QED) is 0.304. The van der Waals surface area contributed by atoms with E-state index >= 15 is 0 Å². The number of carbonyl (C=O) groups is 1. The minimum Gasteiger partial charge on any atom is -0.339 e. The molecule has 3 aromatic carbocycles. The van der Waals surface area contributed by atoms with Gasteiger partial charge in [0.05, 0.1) is 21.5 Å². The fraction of sp³-hybridized carbons (Fsp3) is 0.323. The van der Waals surface area contributed by atoms with E-state index in [2.05, 4.69) is 29.2 Å². The topological polar surface area (TPSA) is 60.9 Å². The van der Waals surface area contributed by atoms with Crippen LogP contribution in [0.2, 0.25) is 10.0 Å². The van der Waals surface area contributed by atoms with Crippen molar-refractivity contribution >= 4 is 45.2 Å². The zero-order valence-corrected chi connectivity index (χ0v) is 25.4. The number of sulfonamides is 1. The van der Waals surface area contributed by atoms with Crippen LogP contribution in [0.1, 0.15) is 27.8 Å². The summed E-state index contributed by atoms with van der Waals surface area (Å²) in [5.41, 5.74) is 4.10.